The highest BCUT2D eigenvalue weighted by Crippen LogP contribution is 2.34. The molecule has 2 N–H and O–H groups in total. The normalized spacial score (nSPS) is 12.0. The second-order valence-corrected chi connectivity index (χ2v) is 9.07. The van der Waals surface area contributed by atoms with E-state index >= 15 is 0 Å². The van der Waals surface area contributed by atoms with Gasteiger partial charge in [0.1, 0.15) is 4.90 Å². The van der Waals surface area contributed by atoms with E-state index in [-0.39, 0.29) is 11.4 Å². The minimum atomic E-state index is -3.65. The molecule has 0 fully saturated rings. The molecule has 9 heteroatoms. The van der Waals surface area contributed by atoms with Crippen LogP contribution in [-0.2, 0) is 16.6 Å². The lowest BCUT2D eigenvalue weighted by atomic mass is 10.3. The van der Waals surface area contributed by atoms with Crippen molar-refractivity contribution in [2.45, 2.75) is 18.4 Å². The molecule has 5 nitrogen and oxygen atoms in total. The molecular weight excluding hydrogens is 442 g/mol. The van der Waals surface area contributed by atoms with Gasteiger partial charge in [-0.3, -0.25) is 0 Å². The largest absolute Gasteiger partial charge is 0.399 e. The summed E-state index contributed by atoms with van der Waals surface area (Å²) in [7, 11) is -2.10. The van der Waals surface area contributed by atoms with Gasteiger partial charge in [0.05, 0.1) is 11.2 Å². The van der Waals surface area contributed by atoms with E-state index in [9.17, 15) is 8.42 Å². The maximum atomic E-state index is 12.7. The fraction of sp³-hybridized carbons (Fsp3) is 0.250. The van der Waals surface area contributed by atoms with Crippen molar-refractivity contribution in [3.05, 3.63) is 37.2 Å². The van der Waals surface area contributed by atoms with Crippen LogP contribution in [0.2, 0.25) is 0 Å². The smallest absolute Gasteiger partial charge is 0.245 e. The summed E-state index contributed by atoms with van der Waals surface area (Å²) in [5.74, 6) is 0. The maximum Gasteiger partial charge on any atom is 0.245 e. The van der Waals surface area contributed by atoms with Gasteiger partial charge in [-0.25, -0.2) is 13.4 Å². The molecule has 0 aliphatic carbocycles. The van der Waals surface area contributed by atoms with E-state index in [2.05, 4.69) is 36.8 Å². The number of halogens is 2. The van der Waals surface area contributed by atoms with Crippen molar-refractivity contribution >= 4 is 58.9 Å². The number of nitrogens with zero attached hydrogens (tertiary/aromatic N) is 2. The summed E-state index contributed by atoms with van der Waals surface area (Å²) in [4.78, 5) is 5.22. The first kappa shape index (κ1) is 16.9. The molecule has 2 aromatic rings. The maximum absolute atomic E-state index is 12.7. The predicted molar refractivity (Wildman–Crippen MR) is 91.8 cm³/mol. The Morgan fingerprint density at radius 3 is 2.38 bits per heavy atom. The second-order valence-electron chi connectivity index (χ2n) is 4.44. The zero-order chi connectivity index (χ0) is 15.8. The number of nitrogens with two attached hydrogens (primary N) is 1. The minimum absolute atomic E-state index is 0.168. The van der Waals surface area contributed by atoms with Gasteiger partial charge in [-0.15, -0.1) is 11.3 Å². The van der Waals surface area contributed by atoms with E-state index in [1.54, 1.807) is 24.7 Å². The SMILES string of the molecule is Cc1ncsc1CN(C)S(=O)(=O)c1c(Br)cc(N)cc1Br. The molecular formula is C12H13Br2N3O2S2. The quantitative estimate of drug-likeness (QED) is 0.718. The van der Waals surface area contributed by atoms with Crippen molar-refractivity contribution in [3.8, 4) is 0 Å². The Morgan fingerprint density at radius 1 is 1.33 bits per heavy atom. The summed E-state index contributed by atoms with van der Waals surface area (Å²) in [6.07, 6.45) is 0. The number of hydrogen-bond donors (Lipinski definition) is 1. The van der Waals surface area contributed by atoms with E-state index in [1.165, 1.54) is 15.6 Å². The molecule has 0 saturated carbocycles. The van der Waals surface area contributed by atoms with Gasteiger partial charge in [0.2, 0.25) is 10.0 Å². The molecule has 1 aromatic heterocycles. The van der Waals surface area contributed by atoms with Crippen LogP contribution in [0.3, 0.4) is 0 Å². The standard InChI is InChI=1S/C12H13Br2N3O2S2/c1-7-11(20-6-16-7)5-17(2)21(18,19)12-9(13)3-8(15)4-10(12)14/h3-4,6H,5,15H2,1-2H3. The lowest BCUT2D eigenvalue weighted by Gasteiger charge is -2.19. The number of benzene rings is 1. The lowest BCUT2D eigenvalue weighted by Crippen LogP contribution is -2.27. The molecule has 21 heavy (non-hydrogen) atoms. The summed E-state index contributed by atoms with van der Waals surface area (Å²) >= 11 is 7.98. The van der Waals surface area contributed by atoms with Gasteiger partial charge in [0.15, 0.2) is 0 Å². The third kappa shape index (κ3) is 3.48. The third-order valence-electron chi connectivity index (χ3n) is 2.90. The Balaban J connectivity index is 2.40. The first-order chi connectivity index (χ1) is 9.73. The number of thiazole rings is 1. The number of sulfonamides is 1. The first-order valence-corrected chi connectivity index (χ1v) is 9.74. The highest BCUT2D eigenvalue weighted by molar-refractivity contribution is 9.11. The van der Waals surface area contributed by atoms with Crippen molar-refractivity contribution in [1.82, 2.24) is 9.29 Å². The van der Waals surface area contributed by atoms with Gasteiger partial charge in [-0.1, -0.05) is 0 Å². The highest BCUT2D eigenvalue weighted by Gasteiger charge is 2.27. The molecule has 0 saturated heterocycles. The van der Waals surface area contributed by atoms with Crippen molar-refractivity contribution in [2.24, 2.45) is 0 Å². The summed E-state index contributed by atoms with van der Waals surface area (Å²) < 4.78 is 27.6. The van der Waals surface area contributed by atoms with Gasteiger partial charge < -0.3 is 5.73 Å². The molecule has 1 heterocycles. The van der Waals surface area contributed by atoms with Crippen LogP contribution >= 0.6 is 43.2 Å². The first-order valence-electron chi connectivity index (χ1n) is 5.83. The van der Waals surface area contributed by atoms with E-state index in [4.69, 9.17) is 5.73 Å². The van der Waals surface area contributed by atoms with Crippen LogP contribution in [0, 0.1) is 6.92 Å². The van der Waals surface area contributed by atoms with Crippen LogP contribution in [0.25, 0.3) is 0 Å². The van der Waals surface area contributed by atoms with Gasteiger partial charge in [0.25, 0.3) is 0 Å². The summed E-state index contributed by atoms with van der Waals surface area (Å²) in [5, 5.41) is 0. The minimum Gasteiger partial charge on any atom is -0.399 e. The number of aryl methyl sites for hydroxylation is 1. The topological polar surface area (TPSA) is 76.3 Å². The van der Waals surface area contributed by atoms with Gasteiger partial charge in [-0.05, 0) is 50.9 Å². The van der Waals surface area contributed by atoms with Crippen LogP contribution in [0.15, 0.2) is 31.5 Å². The zero-order valence-corrected chi connectivity index (χ0v) is 16.1. The van der Waals surface area contributed by atoms with Crippen molar-refractivity contribution in [2.75, 3.05) is 12.8 Å². The molecule has 0 bridgehead atoms. The Kier molecular flexibility index (Phi) is 5.09. The van der Waals surface area contributed by atoms with Gasteiger partial charge >= 0.3 is 0 Å². The summed E-state index contributed by atoms with van der Waals surface area (Å²) in [5.41, 5.74) is 8.74. The van der Waals surface area contributed by atoms with Gasteiger partial charge in [-0.2, -0.15) is 4.31 Å². The van der Waals surface area contributed by atoms with E-state index < -0.39 is 10.0 Å². The number of rotatable bonds is 4. The number of hydrogen-bond acceptors (Lipinski definition) is 5. The molecule has 1 aromatic carbocycles. The van der Waals surface area contributed by atoms with Gasteiger partial charge in [0, 0.05) is 33.1 Å². The molecule has 0 aliphatic rings. The van der Waals surface area contributed by atoms with Crippen LogP contribution in [0.1, 0.15) is 10.6 Å². The fourth-order valence-corrected chi connectivity index (χ4v) is 6.33. The molecule has 0 aliphatic heterocycles. The average Bonchev–Trinajstić information content (AvgIpc) is 2.73. The van der Waals surface area contributed by atoms with Crippen LogP contribution in [0.4, 0.5) is 5.69 Å². The predicted octanol–water partition coefficient (Wildman–Crippen LogP) is 3.38. The molecule has 114 valence electrons. The molecule has 0 atom stereocenters. The lowest BCUT2D eigenvalue weighted by molar-refractivity contribution is 0.468. The van der Waals surface area contributed by atoms with Crippen LogP contribution < -0.4 is 5.73 Å². The monoisotopic (exact) mass is 453 g/mol. The molecule has 2 rings (SSSR count). The number of anilines is 1. The Labute approximate surface area is 144 Å². The molecule has 0 spiro atoms. The average molecular weight is 455 g/mol. The highest BCUT2D eigenvalue weighted by atomic mass is 79.9. The van der Waals surface area contributed by atoms with E-state index in [1.807, 2.05) is 6.92 Å². The van der Waals surface area contributed by atoms with Crippen molar-refractivity contribution in [3.63, 3.8) is 0 Å². The van der Waals surface area contributed by atoms with E-state index in [0.29, 0.717) is 14.6 Å². The van der Waals surface area contributed by atoms with Crippen molar-refractivity contribution < 1.29 is 8.42 Å². The van der Waals surface area contributed by atoms with Crippen molar-refractivity contribution in [1.29, 1.82) is 0 Å². The van der Waals surface area contributed by atoms with Crippen LogP contribution in [-0.4, -0.2) is 24.8 Å². The third-order valence-corrected chi connectivity index (χ3v) is 7.50. The second kappa shape index (κ2) is 6.33. The fourth-order valence-electron chi connectivity index (χ4n) is 1.75. The van der Waals surface area contributed by atoms with E-state index in [0.717, 1.165) is 10.6 Å². The summed E-state index contributed by atoms with van der Waals surface area (Å²) in [6.45, 7) is 2.14. The molecule has 0 radical (unpaired) electrons. The summed E-state index contributed by atoms with van der Waals surface area (Å²) in [6, 6.07) is 3.15. The zero-order valence-electron chi connectivity index (χ0n) is 11.3. The number of aromatic nitrogens is 1. The Morgan fingerprint density at radius 2 is 1.90 bits per heavy atom. The van der Waals surface area contributed by atoms with Crippen LogP contribution in [0.5, 0.6) is 0 Å². The molecule has 0 amide bonds. The molecule has 0 unspecified atom stereocenters. The number of nitrogen functional groups attached to an aromatic ring is 1. The Hall–Kier alpha value is -0.480. The Bertz CT molecular complexity index is 752.